The quantitative estimate of drug-likeness (QED) is 0.783. The SMILES string of the molecule is Cc1ccc(CNS(=O)(=O)c2c(C)[nH]c(C(=O)O)c2C)s1. The van der Waals surface area contributed by atoms with Gasteiger partial charge in [0, 0.05) is 27.6 Å². The van der Waals surface area contributed by atoms with Crippen molar-refractivity contribution in [2.75, 3.05) is 0 Å². The molecule has 0 bridgehead atoms. The van der Waals surface area contributed by atoms with Crippen molar-refractivity contribution < 1.29 is 18.3 Å². The molecular formula is C13H16N2O4S2. The summed E-state index contributed by atoms with van der Waals surface area (Å²) < 4.78 is 27.2. The molecule has 0 fully saturated rings. The molecule has 0 amide bonds. The number of rotatable bonds is 5. The summed E-state index contributed by atoms with van der Waals surface area (Å²) in [6.07, 6.45) is 0. The molecule has 0 aliphatic rings. The maximum atomic E-state index is 12.4. The van der Waals surface area contributed by atoms with Crippen molar-refractivity contribution in [3.8, 4) is 0 Å². The van der Waals surface area contributed by atoms with Crippen molar-refractivity contribution >= 4 is 27.3 Å². The summed E-state index contributed by atoms with van der Waals surface area (Å²) in [5.41, 5.74) is 0.439. The lowest BCUT2D eigenvalue weighted by Crippen LogP contribution is -2.23. The predicted molar refractivity (Wildman–Crippen MR) is 80.3 cm³/mol. The number of aromatic amines is 1. The highest BCUT2D eigenvalue weighted by molar-refractivity contribution is 7.89. The largest absolute Gasteiger partial charge is 0.477 e. The number of carbonyl (C=O) groups is 1. The van der Waals surface area contributed by atoms with E-state index in [0.717, 1.165) is 9.75 Å². The summed E-state index contributed by atoms with van der Waals surface area (Å²) in [6, 6.07) is 3.78. The molecule has 0 saturated heterocycles. The van der Waals surface area contributed by atoms with Crippen LogP contribution < -0.4 is 4.72 Å². The van der Waals surface area contributed by atoms with E-state index in [-0.39, 0.29) is 22.7 Å². The van der Waals surface area contributed by atoms with Gasteiger partial charge >= 0.3 is 5.97 Å². The summed E-state index contributed by atoms with van der Waals surface area (Å²) in [6.45, 7) is 5.16. The third-order valence-corrected chi connectivity index (χ3v) is 5.76. The van der Waals surface area contributed by atoms with Crippen LogP contribution in [0.25, 0.3) is 0 Å². The molecule has 0 saturated carbocycles. The summed E-state index contributed by atoms with van der Waals surface area (Å²) >= 11 is 1.51. The molecule has 2 aromatic heterocycles. The van der Waals surface area contributed by atoms with Crippen LogP contribution in [0.2, 0.25) is 0 Å². The molecule has 2 rings (SSSR count). The van der Waals surface area contributed by atoms with Gasteiger partial charge in [-0.2, -0.15) is 0 Å². The van der Waals surface area contributed by atoms with Crippen molar-refractivity contribution in [2.45, 2.75) is 32.2 Å². The molecule has 0 radical (unpaired) electrons. The number of carboxylic acid groups (broad SMARTS) is 1. The highest BCUT2D eigenvalue weighted by Crippen LogP contribution is 2.24. The molecular weight excluding hydrogens is 312 g/mol. The number of nitrogens with one attached hydrogen (secondary N) is 2. The van der Waals surface area contributed by atoms with Gasteiger partial charge in [0.25, 0.3) is 0 Å². The van der Waals surface area contributed by atoms with Crippen molar-refractivity contribution in [3.63, 3.8) is 0 Å². The molecule has 8 heteroatoms. The molecule has 3 N–H and O–H groups in total. The Labute approximate surface area is 126 Å². The van der Waals surface area contributed by atoms with E-state index >= 15 is 0 Å². The number of aryl methyl sites for hydroxylation is 2. The standard InChI is InChI=1S/C13H16N2O4S2/c1-7-4-5-10(20-7)6-14-21(18,19)12-8(2)11(13(16)17)15-9(12)3/h4-5,14-15H,6H2,1-3H3,(H,16,17). The van der Waals surface area contributed by atoms with Crippen LogP contribution >= 0.6 is 11.3 Å². The number of aromatic carboxylic acids is 1. The Morgan fingerprint density at radius 1 is 1.33 bits per heavy atom. The summed E-state index contributed by atoms with van der Waals surface area (Å²) in [5.74, 6) is -1.18. The second-order valence-corrected chi connectivity index (χ2v) is 7.80. The van der Waals surface area contributed by atoms with Crippen LogP contribution in [0.3, 0.4) is 0 Å². The summed E-state index contributed by atoms with van der Waals surface area (Å²) in [4.78, 5) is 15.7. The zero-order valence-electron chi connectivity index (χ0n) is 11.9. The fourth-order valence-electron chi connectivity index (χ4n) is 2.17. The monoisotopic (exact) mass is 328 g/mol. The Morgan fingerprint density at radius 2 is 2.00 bits per heavy atom. The van der Waals surface area contributed by atoms with Gasteiger partial charge in [0.1, 0.15) is 10.6 Å². The Hall–Kier alpha value is -1.64. The van der Waals surface area contributed by atoms with E-state index in [2.05, 4.69) is 9.71 Å². The Morgan fingerprint density at radius 3 is 2.48 bits per heavy atom. The molecule has 0 atom stereocenters. The number of hydrogen-bond acceptors (Lipinski definition) is 4. The lowest BCUT2D eigenvalue weighted by Gasteiger charge is -2.06. The van der Waals surface area contributed by atoms with Gasteiger partial charge in [-0.1, -0.05) is 0 Å². The summed E-state index contributed by atoms with van der Waals surface area (Å²) in [7, 11) is -3.76. The number of carboxylic acids is 1. The second-order valence-electron chi connectivity index (χ2n) is 4.72. The Balaban J connectivity index is 2.29. The highest BCUT2D eigenvalue weighted by Gasteiger charge is 2.26. The number of sulfonamides is 1. The van der Waals surface area contributed by atoms with Crippen molar-refractivity contribution in [2.24, 2.45) is 0 Å². The smallest absolute Gasteiger partial charge is 0.352 e. The molecule has 0 unspecified atom stereocenters. The van der Waals surface area contributed by atoms with E-state index in [0.29, 0.717) is 5.69 Å². The molecule has 0 aromatic carbocycles. The molecule has 2 heterocycles. The molecule has 0 spiro atoms. The highest BCUT2D eigenvalue weighted by atomic mass is 32.2. The van der Waals surface area contributed by atoms with Crippen LogP contribution in [0.1, 0.15) is 31.5 Å². The zero-order valence-corrected chi connectivity index (χ0v) is 13.5. The van der Waals surface area contributed by atoms with E-state index in [9.17, 15) is 13.2 Å². The zero-order chi connectivity index (χ0) is 15.8. The minimum absolute atomic E-state index is 0.00757. The van der Waals surface area contributed by atoms with Gasteiger partial charge in [-0.25, -0.2) is 17.9 Å². The number of hydrogen-bond donors (Lipinski definition) is 3. The first-order chi connectivity index (χ1) is 9.72. The topological polar surface area (TPSA) is 99.3 Å². The fourth-order valence-corrected chi connectivity index (χ4v) is 4.54. The van der Waals surface area contributed by atoms with Crippen LogP contribution in [0.15, 0.2) is 17.0 Å². The van der Waals surface area contributed by atoms with Crippen molar-refractivity contribution in [1.29, 1.82) is 0 Å². The Kier molecular flexibility index (Phi) is 4.22. The average Bonchev–Trinajstić information content (AvgIpc) is 2.91. The minimum Gasteiger partial charge on any atom is -0.477 e. The van der Waals surface area contributed by atoms with E-state index in [4.69, 9.17) is 5.11 Å². The first-order valence-corrected chi connectivity index (χ1v) is 8.50. The van der Waals surface area contributed by atoms with Crippen LogP contribution in [-0.4, -0.2) is 24.5 Å². The molecule has 21 heavy (non-hydrogen) atoms. The van der Waals surface area contributed by atoms with Gasteiger partial charge in [0.2, 0.25) is 10.0 Å². The van der Waals surface area contributed by atoms with E-state index < -0.39 is 16.0 Å². The fraction of sp³-hybridized carbons (Fsp3) is 0.308. The third kappa shape index (κ3) is 3.17. The third-order valence-electron chi connectivity index (χ3n) is 3.08. The molecule has 2 aromatic rings. The molecule has 6 nitrogen and oxygen atoms in total. The van der Waals surface area contributed by atoms with Crippen LogP contribution in [0.5, 0.6) is 0 Å². The maximum absolute atomic E-state index is 12.4. The molecule has 0 aliphatic carbocycles. The first-order valence-electron chi connectivity index (χ1n) is 6.20. The molecule has 0 aliphatic heterocycles. The van der Waals surface area contributed by atoms with E-state index in [1.165, 1.54) is 18.3 Å². The lowest BCUT2D eigenvalue weighted by atomic mass is 10.2. The van der Waals surface area contributed by atoms with Gasteiger partial charge in [-0.15, -0.1) is 11.3 Å². The number of aromatic nitrogens is 1. The first kappa shape index (κ1) is 15.7. The van der Waals surface area contributed by atoms with E-state index in [1.54, 1.807) is 6.92 Å². The van der Waals surface area contributed by atoms with Crippen molar-refractivity contribution in [1.82, 2.24) is 9.71 Å². The molecule has 114 valence electrons. The Bertz CT molecular complexity index is 787. The number of thiophene rings is 1. The lowest BCUT2D eigenvalue weighted by molar-refractivity contribution is 0.0690. The van der Waals surface area contributed by atoms with Crippen LogP contribution in [0.4, 0.5) is 0 Å². The van der Waals surface area contributed by atoms with Crippen LogP contribution in [-0.2, 0) is 16.6 Å². The summed E-state index contributed by atoms with van der Waals surface area (Å²) in [5, 5.41) is 9.04. The van der Waals surface area contributed by atoms with Gasteiger partial charge in [0.15, 0.2) is 0 Å². The van der Waals surface area contributed by atoms with Crippen LogP contribution in [0, 0.1) is 20.8 Å². The van der Waals surface area contributed by atoms with Gasteiger partial charge in [-0.05, 0) is 32.9 Å². The van der Waals surface area contributed by atoms with E-state index in [1.807, 2.05) is 19.1 Å². The normalized spacial score (nSPS) is 11.8. The predicted octanol–water partition coefficient (Wildman–Crippen LogP) is 2.18. The van der Waals surface area contributed by atoms with Crippen molar-refractivity contribution in [3.05, 3.63) is 38.8 Å². The van der Waals surface area contributed by atoms with Gasteiger partial charge in [-0.3, -0.25) is 0 Å². The second kappa shape index (κ2) is 5.63. The minimum atomic E-state index is -3.76. The average molecular weight is 328 g/mol. The van der Waals surface area contributed by atoms with Gasteiger partial charge < -0.3 is 10.1 Å². The van der Waals surface area contributed by atoms with Gasteiger partial charge in [0.05, 0.1) is 0 Å². The number of H-pyrrole nitrogens is 1. The maximum Gasteiger partial charge on any atom is 0.352 e.